The van der Waals surface area contributed by atoms with Gasteiger partial charge in [0.1, 0.15) is 0 Å². The molecule has 0 atom stereocenters. The van der Waals surface area contributed by atoms with Crippen molar-refractivity contribution in [3.05, 3.63) is 71.6 Å². The number of sulfonamides is 1. The molecule has 0 aliphatic heterocycles. The summed E-state index contributed by atoms with van der Waals surface area (Å²) in [5.74, 6) is -2.86. The highest BCUT2D eigenvalue weighted by Crippen LogP contribution is 2.29. The zero-order valence-corrected chi connectivity index (χ0v) is 17.3. The number of hydrogen-bond donors (Lipinski definition) is 3. The van der Waals surface area contributed by atoms with Gasteiger partial charge in [-0.3, -0.25) is 14.3 Å². The van der Waals surface area contributed by atoms with E-state index in [1.54, 1.807) is 5.32 Å². The molecule has 0 aliphatic rings. The Balaban J connectivity index is 1.80. The van der Waals surface area contributed by atoms with E-state index in [-0.39, 0.29) is 32.7 Å². The summed E-state index contributed by atoms with van der Waals surface area (Å²) in [5, 5.41) is 4.30. The largest absolute Gasteiger partial charge is 0.471 e. The van der Waals surface area contributed by atoms with Crippen LogP contribution in [0.25, 0.3) is 0 Å². The van der Waals surface area contributed by atoms with Gasteiger partial charge in [0, 0.05) is 10.7 Å². The topological polar surface area (TPSA) is 118 Å². The molecule has 8 nitrogen and oxygen atoms in total. The number of hydrogen-bond acceptors (Lipinski definition) is 5. The minimum Gasteiger partial charge on any atom is -0.459 e. The Kier molecular flexibility index (Phi) is 6.46. The average Bonchev–Trinajstić information content (AvgIpc) is 3.25. The number of nitrogens with one attached hydrogen (secondary N) is 3. The zero-order chi connectivity index (χ0) is 23.5. The van der Waals surface area contributed by atoms with E-state index in [0.29, 0.717) is 0 Å². The summed E-state index contributed by atoms with van der Waals surface area (Å²) in [6, 6.07) is 10.9. The predicted molar refractivity (Wildman–Crippen MR) is 110 cm³/mol. The number of carbonyl (C=O) groups is 2. The standard InChI is InChI=1S/C19H13ClF3N3O5S/c20-11-3-8-14(15(10-11)25-17(27)16-2-1-9-31-16)26-32(29,30)13-6-4-12(5-7-13)24-18(28)19(21,22)23/h1-10,26H,(H,24,28)(H,25,27). The Hall–Kier alpha value is -3.51. The van der Waals surface area contributed by atoms with E-state index in [0.717, 1.165) is 24.3 Å². The number of halogens is 4. The molecule has 2 amide bonds. The van der Waals surface area contributed by atoms with Crippen molar-refractivity contribution in [1.29, 1.82) is 0 Å². The highest BCUT2D eigenvalue weighted by molar-refractivity contribution is 7.92. The molecule has 2 aromatic carbocycles. The molecule has 3 aromatic rings. The van der Waals surface area contributed by atoms with Crippen molar-refractivity contribution in [2.45, 2.75) is 11.1 Å². The number of rotatable bonds is 6. The summed E-state index contributed by atoms with van der Waals surface area (Å²) in [7, 11) is -4.21. The summed E-state index contributed by atoms with van der Waals surface area (Å²) < 4.78 is 69.6. The molecule has 13 heteroatoms. The van der Waals surface area contributed by atoms with Crippen LogP contribution >= 0.6 is 11.6 Å². The van der Waals surface area contributed by atoms with Crippen molar-refractivity contribution in [2.24, 2.45) is 0 Å². The van der Waals surface area contributed by atoms with Gasteiger partial charge in [0.05, 0.1) is 22.5 Å². The predicted octanol–water partition coefficient (Wildman–Crippen LogP) is 4.49. The molecule has 0 fully saturated rings. The van der Waals surface area contributed by atoms with Crippen LogP contribution in [0.1, 0.15) is 10.6 Å². The third-order valence-corrected chi connectivity index (χ3v) is 5.52. The lowest BCUT2D eigenvalue weighted by molar-refractivity contribution is -0.167. The van der Waals surface area contributed by atoms with E-state index in [1.165, 1.54) is 36.6 Å². The molecular weight excluding hydrogens is 475 g/mol. The van der Waals surface area contributed by atoms with E-state index < -0.39 is 28.0 Å². The maximum atomic E-state index is 12.7. The normalized spacial score (nSPS) is 11.6. The third kappa shape index (κ3) is 5.59. The van der Waals surface area contributed by atoms with Gasteiger partial charge in [0.25, 0.3) is 15.9 Å². The fourth-order valence-corrected chi connectivity index (χ4v) is 3.68. The number of anilines is 3. The lowest BCUT2D eigenvalue weighted by Gasteiger charge is -2.14. The molecule has 0 bridgehead atoms. The Morgan fingerprint density at radius 2 is 1.62 bits per heavy atom. The van der Waals surface area contributed by atoms with Crippen molar-refractivity contribution in [2.75, 3.05) is 15.4 Å². The van der Waals surface area contributed by atoms with Crippen molar-refractivity contribution in [3.8, 4) is 0 Å². The minimum absolute atomic E-state index is 0.0183. The molecule has 0 radical (unpaired) electrons. The Morgan fingerprint density at radius 1 is 0.938 bits per heavy atom. The summed E-state index contributed by atoms with van der Waals surface area (Å²) in [4.78, 5) is 22.9. The van der Waals surface area contributed by atoms with Gasteiger partial charge >= 0.3 is 12.1 Å². The quantitative estimate of drug-likeness (QED) is 0.473. The number of furan rings is 1. The van der Waals surface area contributed by atoms with Gasteiger partial charge < -0.3 is 15.1 Å². The van der Waals surface area contributed by atoms with E-state index >= 15 is 0 Å². The molecule has 0 spiro atoms. The van der Waals surface area contributed by atoms with Crippen LogP contribution in [-0.4, -0.2) is 26.4 Å². The van der Waals surface area contributed by atoms with E-state index in [9.17, 15) is 31.2 Å². The molecule has 3 rings (SSSR count). The van der Waals surface area contributed by atoms with Gasteiger partial charge in [-0.1, -0.05) is 11.6 Å². The van der Waals surface area contributed by atoms with E-state index in [1.807, 2.05) is 0 Å². The fourth-order valence-electron chi connectivity index (χ4n) is 2.42. The van der Waals surface area contributed by atoms with Crippen molar-refractivity contribution < 1.29 is 35.6 Å². The van der Waals surface area contributed by atoms with Gasteiger partial charge in [-0.25, -0.2) is 8.42 Å². The van der Waals surface area contributed by atoms with Crippen LogP contribution in [0.4, 0.5) is 30.2 Å². The summed E-state index contributed by atoms with van der Waals surface area (Å²) in [6.07, 6.45) is -3.80. The fraction of sp³-hybridized carbons (Fsp3) is 0.0526. The molecule has 1 heterocycles. The lowest BCUT2D eigenvalue weighted by atomic mass is 10.2. The monoisotopic (exact) mass is 487 g/mol. The van der Waals surface area contributed by atoms with Crippen LogP contribution in [0.15, 0.2) is 70.2 Å². The molecule has 32 heavy (non-hydrogen) atoms. The molecule has 168 valence electrons. The second-order valence-corrected chi connectivity index (χ2v) is 8.32. The smallest absolute Gasteiger partial charge is 0.459 e. The van der Waals surface area contributed by atoms with Gasteiger partial charge in [0.15, 0.2) is 5.76 Å². The summed E-state index contributed by atoms with van der Waals surface area (Å²) >= 11 is 5.94. The van der Waals surface area contributed by atoms with Crippen LogP contribution in [0, 0.1) is 0 Å². The summed E-state index contributed by atoms with van der Waals surface area (Å²) in [6.45, 7) is 0. The molecular formula is C19H13ClF3N3O5S. The first-order chi connectivity index (χ1) is 15.0. The van der Waals surface area contributed by atoms with Crippen LogP contribution in [0.3, 0.4) is 0 Å². The van der Waals surface area contributed by atoms with Gasteiger partial charge in [-0.2, -0.15) is 13.2 Å². The third-order valence-electron chi connectivity index (χ3n) is 3.90. The molecule has 0 aliphatic carbocycles. The zero-order valence-electron chi connectivity index (χ0n) is 15.7. The lowest BCUT2D eigenvalue weighted by Crippen LogP contribution is -2.29. The van der Waals surface area contributed by atoms with Crippen LogP contribution in [-0.2, 0) is 14.8 Å². The Bertz CT molecular complexity index is 1240. The first-order valence-electron chi connectivity index (χ1n) is 8.61. The molecule has 0 saturated carbocycles. The van der Waals surface area contributed by atoms with Gasteiger partial charge in [-0.05, 0) is 54.6 Å². The van der Waals surface area contributed by atoms with Crippen LogP contribution in [0.5, 0.6) is 0 Å². The SMILES string of the molecule is O=C(Nc1cc(Cl)ccc1NS(=O)(=O)c1ccc(NC(=O)C(F)(F)F)cc1)c1ccco1. The van der Waals surface area contributed by atoms with E-state index in [2.05, 4.69) is 10.0 Å². The Morgan fingerprint density at radius 3 is 2.22 bits per heavy atom. The maximum absolute atomic E-state index is 12.7. The van der Waals surface area contributed by atoms with Crippen molar-refractivity contribution >= 4 is 50.5 Å². The molecule has 0 saturated heterocycles. The molecule has 1 aromatic heterocycles. The second kappa shape index (κ2) is 8.93. The van der Waals surface area contributed by atoms with Crippen LogP contribution in [0.2, 0.25) is 5.02 Å². The van der Waals surface area contributed by atoms with E-state index in [4.69, 9.17) is 16.0 Å². The molecule has 0 unspecified atom stereocenters. The average molecular weight is 488 g/mol. The first-order valence-corrected chi connectivity index (χ1v) is 10.5. The maximum Gasteiger partial charge on any atom is 0.471 e. The van der Waals surface area contributed by atoms with Gasteiger partial charge in [-0.15, -0.1) is 0 Å². The van der Waals surface area contributed by atoms with Crippen LogP contribution < -0.4 is 15.4 Å². The number of amides is 2. The minimum atomic E-state index is -5.09. The second-order valence-electron chi connectivity index (χ2n) is 6.20. The highest BCUT2D eigenvalue weighted by Gasteiger charge is 2.38. The summed E-state index contributed by atoms with van der Waals surface area (Å²) in [5.41, 5.74) is -0.232. The molecule has 3 N–H and O–H groups in total. The number of benzene rings is 2. The van der Waals surface area contributed by atoms with Gasteiger partial charge in [0.2, 0.25) is 0 Å². The number of carbonyl (C=O) groups excluding carboxylic acids is 2. The highest BCUT2D eigenvalue weighted by atomic mass is 35.5. The Labute approximate surface area is 184 Å². The van der Waals surface area contributed by atoms with Crippen molar-refractivity contribution in [3.63, 3.8) is 0 Å². The van der Waals surface area contributed by atoms with Crippen molar-refractivity contribution in [1.82, 2.24) is 0 Å². The first kappa shape index (κ1) is 23.2. The number of alkyl halides is 3.